The number of benzene rings is 3. The van der Waals surface area contributed by atoms with Gasteiger partial charge in [-0.3, -0.25) is 0 Å². The Labute approximate surface area is 181 Å². The maximum atomic E-state index is 6.65. The highest BCUT2D eigenvalue weighted by molar-refractivity contribution is 6.31. The van der Waals surface area contributed by atoms with E-state index < -0.39 is 0 Å². The molecule has 0 aromatic heterocycles. The SMILES string of the molecule is Clc1cccc2c1CN(c1ccccc1)CN1C=NN(COCc3ccccc3)C21. The second-order valence-corrected chi connectivity index (χ2v) is 7.91. The van der Waals surface area contributed by atoms with E-state index >= 15 is 0 Å². The largest absolute Gasteiger partial charge is 0.355 e. The predicted octanol–water partition coefficient (Wildman–Crippen LogP) is 5.05. The van der Waals surface area contributed by atoms with E-state index in [0.717, 1.165) is 35.1 Å². The molecule has 2 heterocycles. The summed E-state index contributed by atoms with van der Waals surface area (Å²) in [5.74, 6) is 0. The summed E-state index contributed by atoms with van der Waals surface area (Å²) in [5.41, 5.74) is 4.61. The lowest BCUT2D eigenvalue weighted by Gasteiger charge is -2.31. The number of para-hydroxylation sites is 1. The standard InChI is InChI=1S/C24H23ClN4O/c25-23-13-7-12-21-22(23)14-27(20-10-5-2-6-11-20)17-28-16-26-29(24(21)28)18-30-15-19-8-3-1-4-9-19/h1-13,16,24H,14-15,17-18H2. The molecule has 2 aliphatic heterocycles. The zero-order chi connectivity index (χ0) is 20.3. The topological polar surface area (TPSA) is 31.3 Å². The van der Waals surface area contributed by atoms with Gasteiger partial charge in [0.05, 0.1) is 13.3 Å². The van der Waals surface area contributed by atoms with Crippen molar-refractivity contribution in [1.29, 1.82) is 0 Å². The van der Waals surface area contributed by atoms with Crippen LogP contribution in [-0.4, -0.2) is 29.6 Å². The normalized spacial score (nSPS) is 17.6. The molecule has 0 spiro atoms. The van der Waals surface area contributed by atoms with Gasteiger partial charge in [0.15, 0.2) is 0 Å². The molecule has 0 aliphatic carbocycles. The number of anilines is 1. The van der Waals surface area contributed by atoms with Crippen LogP contribution < -0.4 is 4.90 Å². The predicted molar refractivity (Wildman–Crippen MR) is 120 cm³/mol. The van der Waals surface area contributed by atoms with Crippen molar-refractivity contribution in [2.75, 3.05) is 18.3 Å². The first kappa shape index (κ1) is 19.0. The van der Waals surface area contributed by atoms with Crippen molar-refractivity contribution in [2.24, 2.45) is 5.10 Å². The van der Waals surface area contributed by atoms with Crippen molar-refractivity contribution in [3.8, 4) is 0 Å². The molecule has 0 amide bonds. The Balaban J connectivity index is 1.40. The molecule has 1 unspecified atom stereocenters. The first-order valence-corrected chi connectivity index (χ1v) is 10.4. The first-order chi connectivity index (χ1) is 14.8. The van der Waals surface area contributed by atoms with Gasteiger partial charge in [0.1, 0.15) is 19.2 Å². The first-order valence-electron chi connectivity index (χ1n) is 10.0. The summed E-state index contributed by atoms with van der Waals surface area (Å²) < 4.78 is 5.99. The summed E-state index contributed by atoms with van der Waals surface area (Å²) in [5, 5.41) is 7.43. The molecule has 3 aromatic rings. The van der Waals surface area contributed by atoms with Crippen LogP contribution in [-0.2, 0) is 17.9 Å². The van der Waals surface area contributed by atoms with Gasteiger partial charge in [-0.2, -0.15) is 5.10 Å². The zero-order valence-electron chi connectivity index (χ0n) is 16.6. The van der Waals surface area contributed by atoms with Crippen LogP contribution in [0.5, 0.6) is 0 Å². The van der Waals surface area contributed by atoms with Gasteiger partial charge in [0.25, 0.3) is 0 Å². The number of ether oxygens (including phenoxy) is 1. The van der Waals surface area contributed by atoms with Crippen molar-refractivity contribution >= 4 is 23.6 Å². The minimum atomic E-state index is -0.0387. The van der Waals surface area contributed by atoms with Gasteiger partial charge in [-0.15, -0.1) is 0 Å². The van der Waals surface area contributed by atoms with E-state index in [1.165, 1.54) is 5.56 Å². The third-order valence-electron chi connectivity index (χ3n) is 5.52. The minimum Gasteiger partial charge on any atom is -0.355 e. The van der Waals surface area contributed by atoms with E-state index in [1.807, 2.05) is 47.7 Å². The summed E-state index contributed by atoms with van der Waals surface area (Å²) in [7, 11) is 0. The number of hydrazone groups is 1. The summed E-state index contributed by atoms with van der Waals surface area (Å²) in [6.45, 7) is 2.43. The fourth-order valence-corrected chi connectivity index (χ4v) is 4.29. The molecule has 3 aromatic carbocycles. The average molecular weight is 419 g/mol. The molecular formula is C24H23ClN4O. The van der Waals surface area contributed by atoms with E-state index in [1.54, 1.807) is 0 Å². The van der Waals surface area contributed by atoms with Gasteiger partial charge in [-0.1, -0.05) is 72.3 Å². The van der Waals surface area contributed by atoms with E-state index in [4.69, 9.17) is 16.3 Å². The van der Waals surface area contributed by atoms with Gasteiger partial charge in [0.2, 0.25) is 0 Å². The Bertz CT molecular complexity index is 1030. The van der Waals surface area contributed by atoms with Crippen molar-refractivity contribution in [3.63, 3.8) is 0 Å². The third kappa shape index (κ3) is 3.74. The van der Waals surface area contributed by atoms with Crippen LogP contribution in [0.25, 0.3) is 0 Å². The summed E-state index contributed by atoms with van der Waals surface area (Å²) in [6, 6.07) is 26.7. The number of fused-ring (bicyclic) bond motifs is 3. The monoisotopic (exact) mass is 418 g/mol. The Kier molecular flexibility index (Phi) is 5.30. The second-order valence-electron chi connectivity index (χ2n) is 7.50. The molecule has 152 valence electrons. The van der Waals surface area contributed by atoms with Crippen molar-refractivity contribution < 1.29 is 4.74 Å². The minimum absolute atomic E-state index is 0.0387. The highest BCUT2D eigenvalue weighted by Crippen LogP contribution is 2.38. The highest BCUT2D eigenvalue weighted by Gasteiger charge is 2.36. The fourth-order valence-electron chi connectivity index (χ4n) is 4.05. The molecule has 0 N–H and O–H groups in total. The average Bonchev–Trinajstić information content (AvgIpc) is 3.09. The Hall–Kier alpha value is -3.02. The van der Waals surface area contributed by atoms with Gasteiger partial charge in [0, 0.05) is 22.8 Å². The molecule has 0 bridgehead atoms. The van der Waals surface area contributed by atoms with Crippen LogP contribution >= 0.6 is 11.6 Å². The van der Waals surface area contributed by atoms with E-state index in [-0.39, 0.29) is 6.17 Å². The molecule has 0 saturated carbocycles. The smallest absolute Gasteiger partial charge is 0.149 e. The number of halogens is 1. The molecular weight excluding hydrogens is 396 g/mol. The lowest BCUT2D eigenvalue weighted by Crippen LogP contribution is -2.38. The van der Waals surface area contributed by atoms with Crippen LogP contribution in [0.1, 0.15) is 22.9 Å². The maximum absolute atomic E-state index is 6.65. The molecule has 5 rings (SSSR count). The van der Waals surface area contributed by atoms with Crippen molar-refractivity contribution in [2.45, 2.75) is 19.3 Å². The van der Waals surface area contributed by atoms with Gasteiger partial charge in [-0.05, 0) is 29.3 Å². The van der Waals surface area contributed by atoms with Crippen LogP contribution in [0.15, 0.2) is 84.0 Å². The number of hydrogen-bond acceptors (Lipinski definition) is 5. The lowest BCUT2D eigenvalue weighted by atomic mass is 10.0. The molecule has 0 radical (unpaired) electrons. The zero-order valence-corrected chi connectivity index (χ0v) is 17.3. The van der Waals surface area contributed by atoms with E-state index in [9.17, 15) is 0 Å². The molecule has 0 saturated heterocycles. The Morgan fingerprint density at radius 3 is 2.50 bits per heavy atom. The van der Waals surface area contributed by atoms with Crippen LogP contribution in [0, 0.1) is 0 Å². The Morgan fingerprint density at radius 1 is 0.933 bits per heavy atom. The quantitative estimate of drug-likeness (QED) is 0.580. The highest BCUT2D eigenvalue weighted by atomic mass is 35.5. The van der Waals surface area contributed by atoms with Crippen LogP contribution in [0.4, 0.5) is 5.69 Å². The summed E-state index contributed by atoms with van der Waals surface area (Å²) in [4.78, 5) is 4.56. The molecule has 6 heteroatoms. The maximum Gasteiger partial charge on any atom is 0.149 e. The molecule has 0 fully saturated rings. The molecule has 5 nitrogen and oxygen atoms in total. The van der Waals surface area contributed by atoms with E-state index in [2.05, 4.69) is 57.4 Å². The van der Waals surface area contributed by atoms with Gasteiger partial charge < -0.3 is 14.5 Å². The molecule has 1 atom stereocenters. The summed E-state index contributed by atoms with van der Waals surface area (Å²) in [6.07, 6.45) is 1.87. The van der Waals surface area contributed by atoms with Crippen molar-refractivity contribution in [3.05, 3.63) is 101 Å². The van der Waals surface area contributed by atoms with Crippen LogP contribution in [0.3, 0.4) is 0 Å². The van der Waals surface area contributed by atoms with Gasteiger partial charge >= 0.3 is 0 Å². The van der Waals surface area contributed by atoms with Crippen molar-refractivity contribution in [1.82, 2.24) is 9.91 Å². The number of rotatable bonds is 5. The second kappa shape index (κ2) is 8.38. The number of hydrogen-bond donors (Lipinski definition) is 0. The van der Waals surface area contributed by atoms with E-state index in [0.29, 0.717) is 13.3 Å². The van der Waals surface area contributed by atoms with Crippen LogP contribution in [0.2, 0.25) is 5.02 Å². The summed E-state index contributed by atoms with van der Waals surface area (Å²) >= 11 is 6.65. The lowest BCUT2D eigenvalue weighted by molar-refractivity contribution is -0.0191. The fraction of sp³-hybridized carbons (Fsp3) is 0.208. The number of nitrogens with zero attached hydrogens (tertiary/aromatic N) is 4. The molecule has 2 aliphatic rings. The van der Waals surface area contributed by atoms with Gasteiger partial charge in [-0.25, -0.2) is 5.01 Å². The molecule has 30 heavy (non-hydrogen) atoms. The Morgan fingerprint density at radius 2 is 1.70 bits per heavy atom. The third-order valence-corrected chi connectivity index (χ3v) is 5.87.